The zero-order valence-electron chi connectivity index (χ0n) is 8.55. The minimum atomic E-state index is -1.02. The Balaban J connectivity index is 3.27. The molecule has 1 aromatic carbocycles. The van der Waals surface area contributed by atoms with Crippen molar-refractivity contribution in [3.05, 3.63) is 33.5 Å². The highest BCUT2D eigenvalue weighted by Crippen LogP contribution is 2.27. The van der Waals surface area contributed by atoms with Crippen molar-refractivity contribution < 1.29 is 14.3 Å². The average molecular weight is 275 g/mol. The molecule has 1 unspecified atom stereocenters. The number of benzene rings is 1. The number of aliphatic carboxylic acids is 1. The van der Waals surface area contributed by atoms with E-state index in [1.807, 2.05) is 6.92 Å². The summed E-state index contributed by atoms with van der Waals surface area (Å²) in [5, 5.41) is 8.83. The number of rotatable bonds is 3. The number of carboxylic acid groups (broad SMARTS) is 1. The summed E-state index contributed by atoms with van der Waals surface area (Å²) < 4.78 is 13.9. The third kappa shape index (κ3) is 2.56. The fourth-order valence-corrected chi connectivity index (χ4v) is 1.84. The molecule has 0 amide bonds. The molecule has 0 radical (unpaired) electrons. The first-order chi connectivity index (χ1) is 6.97. The zero-order valence-corrected chi connectivity index (χ0v) is 10.1. The molecule has 1 aromatic rings. The Labute approximate surface area is 96.2 Å². The van der Waals surface area contributed by atoms with E-state index in [4.69, 9.17) is 5.11 Å². The fraction of sp³-hybridized carbons (Fsp3) is 0.364. The molecule has 0 fully saturated rings. The van der Waals surface area contributed by atoms with Crippen molar-refractivity contribution in [3.63, 3.8) is 0 Å². The van der Waals surface area contributed by atoms with Crippen LogP contribution in [-0.4, -0.2) is 11.1 Å². The number of carboxylic acids is 1. The second-order valence-electron chi connectivity index (χ2n) is 3.39. The summed E-state index contributed by atoms with van der Waals surface area (Å²) in [5.41, 5.74) is 1.15. The number of halogens is 2. The molecule has 1 rings (SSSR count). The average Bonchev–Trinajstić information content (AvgIpc) is 2.20. The van der Waals surface area contributed by atoms with E-state index in [1.165, 1.54) is 6.92 Å². The molecule has 1 N–H and O–H groups in total. The van der Waals surface area contributed by atoms with Gasteiger partial charge in [0.2, 0.25) is 0 Å². The van der Waals surface area contributed by atoms with Crippen LogP contribution in [0, 0.1) is 5.82 Å². The molecule has 0 bridgehead atoms. The van der Waals surface area contributed by atoms with Gasteiger partial charge in [0.05, 0.1) is 10.4 Å². The summed E-state index contributed by atoms with van der Waals surface area (Å²) in [7, 11) is 0. The van der Waals surface area contributed by atoms with Crippen molar-refractivity contribution in [2.24, 2.45) is 0 Å². The highest BCUT2D eigenvalue weighted by Gasteiger charge is 2.20. The summed E-state index contributed by atoms with van der Waals surface area (Å²) >= 11 is 3.09. The summed E-state index contributed by atoms with van der Waals surface area (Å²) in [6, 6.07) is 3.28. The summed E-state index contributed by atoms with van der Waals surface area (Å²) in [6.07, 6.45) is 0.748. The Morgan fingerprint density at radius 1 is 1.60 bits per heavy atom. The van der Waals surface area contributed by atoms with E-state index in [0.29, 0.717) is 4.47 Å². The van der Waals surface area contributed by atoms with Crippen LogP contribution in [0.15, 0.2) is 16.6 Å². The molecule has 15 heavy (non-hydrogen) atoms. The van der Waals surface area contributed by atoms with Gasteiger partial charge in [-0.25, -0.2) is 4.39 Å². The van der Waals surface area contributed by atoms with E-state index in [-0.39, 0.29) is 5.56 Å². The molecule has 0 saturated heterocycles. The Bertz CT molecular complexity index is 390. The number of aryl methyl sites for hydroxylation is 1. The fourth-order valence-electron chi connectivity index (χ4n) is 1.32. The van der Waals surface area contributed by atoms with E-state index in [1.54, 1.807) is 12.1 Å². The van der Waals surface area contributed by atoms with E-state index in [2.05, 4.69) is 15.9 Å². The first kappa shape index (κ1) is 12.2. The van der Waals surface area contributed by atoms with Crippen molar-refractivity contribution >= 4 is 21.9 Å². The van der Waals surface area contributed by atoms with Gasteiger partial charge >= 0.3 is 5.97 Å². The van der Waals surface area contributed by atoms with Gasteiger partial charge in [-0.15, -0.1) is 0 Å². The monoisotopic (exact) mass is 274 g/mol. The quantitative estimate of drug-likeness (QED) is 0.918. The van der Waals surface area contributed by atoms with Crippen molar-refractivity contribution in [1.29, 1.82) is 0 Å². The van der Waals surface area contributed by atoms with Gasteiger partial charge in [-0.2, -0.15) is 0 Å². The van der Waals surface area contributed by atoms with Gasteiger partial charge in [0, 0.05) is 5.56 Å². The molecule has 2 nitrogen and oxygen atoms in total. The number of hydrogen-bond donors (Lipinski definition) is 1. The van der Waals surface area contributed by atoms with Crippen LogP contribution >= 0.6 is 15.9 Å². The third-order valence-corrected chi connectivity index (χ3v) is 2.94. The maximum Gasteiger partial charge on any atom is 0.310 e. The second kappa shape index (κ2) is 4.75. The lowest BCUT2D eigenvalue weighted by atomic mass is 9.98. The summed E-state index contributed by atoms with van der Waals surface area (Å²) in [5.74, 6) is -2.33. The van der Waals surface area contributed by atoms with Gasteiger partial charge in [0.15, 0.2) is 0 Å². The molecule has 4 heteroatoms. The van der Waals surface area contributed by atoms with Gasteiger partial charge in [0.25, 0.3) is 0 Å². The molecule has 0 aliphatic rings. The van der Waals surface area contributed by atoms with Crippen molar-refractivity contribution in [1.82, 2.24) is 0 Å². The van der Waals surface area contributed by atoms with Crippen molar-refractivity contribution in [2.45, 2.75) is 26.2 Å². The van der Waals surface area contributed by atoms with Crippen LogP contribution in [0.4, 0.5) is 4.39 Å². The van der Waals surface area contributed by atoms with Crippen molar-refractivity contribution in [3.8, 4) is 0 Å². The molecule has 0 spiro atoms. The van der Waals surface area contributed by atoms with Crippen LogP contribution < -0.4 is 0 Å². The molecule has 0 saturated carbocycles. The van der Waals surface area contributed by atoms with Gasteiger partial charge in [-0.1, -0.05) is 13.0 Å². The largest absolute Gasteiger partial charge is 0.481 e. The topological polar surface area (TPSA) is 37.3 Å². The molecule has 82 valence electrons. The van der Waals surface area contributed by atoms with E-state index in [9.17, 15) is 9.18 Å². The number of hydrogen-bond acceptors (Lipinski definition) is 1. The normalized spacial score (nSPS) is 12.5. The van der Waals surface area contributed by atoms with Crippen LogP contribution in [0.1, 0.15) is 30.9 Å². The van der Waals surface area contributed by atoms with Crippen LogP contribution in [0.25, 0.3) is 0 Å². The van der Waals surface area contributed by atoms with Crippen molar-refractivity contribution in [2.75, 3.05) is 0 Å². The summed E-state index contributed by atoms with van der Waals surface area (Å²) in [4.78, 5) is 10.8. The molecule has 0 aliphatic carbocycles. The summed E-state index contributed by atoms with van der Waals surface area (Å²) in [6.45, 7) is 3.42. The third-order valence-electron chi connectivity index (χ3n) is 2.36. The highest BCUT2D eigenvalue weighted by atomic mass is 79.9. The SMILES string of the molecule is CCc1cc(Br)c(F)c(C(C)C(=O)O)c1. The lowest BCUT2D eigenvalue weighted by Crippen LogP contribution is -2.10. The molecule has 0 heterocycles. The molecule has 1 atom stereocenters. The minimum Gasteiger partial charge on any atom is -0.481 e. The van der Waals surface area contributed by atoms with Gasteiger partial charge in [-0.05, 0) is 40.9 Å². The standard InChI is InChI=1S/C11H12BrFO2/c1-3-7-4-8(6(2)11(14)15)10(13)9(12)5-7/h4-6H,3H2,1-2H3,(H,14,15). The molecular formula is C11H12BrFO2. The lowest BCUT2D eigenvalue weighted by Gasteiger charge is -2.11. The first-order valence-electron chi connectivity index (χ1n) is 4.68. The Hall–Kier alpha value is -0.900. The Morgan fingerprint density at radius 2 is 2.20 bits per heavy atom. The maximum atomic E-state index is 13.6. The van der Waals surface area contributed by atoms with Gasteiger partial charge in [0.1, 0.15) is 5.82 Å². The Morgan fingerprint density at radius 3 is 2.67 bits per heavy atom. The van der Waals surface area contributed by atoms with E-state index >= 15 is 0 Å². The molecule has 0 aliphatic heterocycles. The molecular weight excluding hydrogens is 263 g/mol. The highest BCUT2D eigenvalue weighted by molar-refractivity contribution is 9.10. The van der Waals surface area contributed by atoms with Crippen LogP contribution in [-0.2, 0) is 11.2 Å². The lowest BCUT2D eigenvalue weighted by molar-refractivity contribution is -0.138. The van der Waals surface area contributed by atoms with E-state index in [0.717, 1.165) is 12.0 Å². The Kier molecular flexibility index (Phi) is 3.85. The predicted molar refractivity (Wildman–Crippen MR) is 59.5 cm³/mol. The van der Waals surface area contributed by atoms with Gasteiger partial charge in [-0.3, -0.25) is 4.79 Å². The first-order valence-corrected chi connectivity index (χ1v) is 5.47. The second-order valence-corrected chi connectivity index (χ2v) is 4.25. The smallest absolute Gasteiger partial charge is 0.310 e. The van der Waals surface area contributed by atoms with Gasteiger partial charge < -0.3 is 5.11 Å². The number of carbonyl (C=O) groups is 1. The van der Waals surface area contributed by atoms with Crippen LogP contribution in [0.5, 0.6) is 0 Å². The van der Waals surface area contributed by atoms with Crippen LogP contribution in [0.2, 0.25) is 0 Å². The minimum absolute atomic E-state index is 0.230. The van der Waals surface area contributed by atoms with E-state index < -0.39 is 17.7 Å². The van der Waals surface area contributed by atoms with Crippen LogP contribution in [0.3, 0.4) is 0 Å². The zero-order chi connectivity index (χ0) is 11.6. The molecule has 0 aromatic heterocycles. The predicted octanol–water partition coefficient (Wildman–Crippen LogP) is 3.34. The maximum absolute atomic E-state index is 13.6.